The van der Waals surface area contributed by atoms with Crippen molar-refractivity contribution < 1.29 is 13.9 Å². The normalized spacial score (nSPS) is 29.0. The third-order valence-electron chi connectivity index (χ3n) is 5.63. The Bertz CT molecular complexity index is 755. The third-order valence-corrected chi connectivity index (χ3v) is 6.32. The molecule has 3 aliphatic rings. The molecule has 0 unspecified atom stereocenters. The molecule has 2 aromatic heterocycles. The summed E-state index contributed by atoms with van der Waals surface area (Å²) >= 11 is 1.57. The maximum atomic E-state index is 12.6. The number of carbonyl (C=O) groups is 1. The molecule has 3 atom stereocenters. The van der Waals surface area contributed by atoms with E-state index >= 15 is 0 Å². The van der Waals surface area contributed by atoms with Crippen molar-refractivity contribution in [3.8, 4) is 0 Å². The van der Waals surface area contributed by atoms with Crippen LogP contribution in [-0.4, -0.2) is 46.8 Å². The number of hydrogen-bond donors (Lipinski definition) is 0. The Kier molecular flexibility index (Phi) is 3.86. The molecule has 0 spiro atoms. The Morgan fingerprint density at radius 3 is 3.04 bits per heavy atom. The third kappa shape index (κ3) is 3.00. The first-order valence-electron chi connectivity index (χ1n) is 9.03. The maximum Gasteiger partial charge on any atom is 0.254 e. The predicted molar refractivity (Wildman–Crippen MR) is 91.5 cm³/mol. The van der Waals surface area contributed by atoms with E-state index in [4.69, 9.17) is 9.15 Å². The molecule has 0 aromatic carbocycles. The van der Waals surface area contributed by atoms with Crippen LogP contribution in [0.25, 0.3) is 0 Å². The lowest BCUT2D eigenvalue weighted by Gasteiger charge is -2.35. The molecular weight excluding hydrogens is 338 g/mol. The van der Waals surface area contributed by atoms with Gasteiger partial charge in [-0.1, -0.05) is 0 Å². The maximum absolute atomic E-state index is 12.6. The Morgan fingerprint density at radius 2 is 2.24 bits per heavy atom. The van der Waals surface area contributed by atoms with Crippen LogP contribution in [0.5, 0.6) is 0 Å². The monoisotopic (exact) mass is 359 g/mol. The van der Waals surface area contributed by atoms with Crippen molar-refractivity contribution in [3.63, 3.8) is 0 Å². The summed E-state index contributed by atoms with van der Waals surface area (Å²) in [7, 11) is 0. The van der Waals surface area contributed by atoms with Crippen molar-refractivity contribution in [2.75, 3.05) is 19.7 Å². The fraction of sp³-hybridized carbons (Fsp3) is 0.611. The van der Waals surface area contributed by atoms with E-state index in [0.717, 1.165) is 31.0 Å². The van der Waals surface area contributed by atoms with Gasteiger partial charge in [-0.2, -0.15) is 11.3 Å². The highest BCUT2D eigenvalue weighted by atomic mass is 32.1. The zero-order valence-corrected chi connectivity index (χ0v) is 14.8. The van der Waals surface area contributed by atoms with Gasteiger partial charge in [0, 0.05) is 30.3 Å². The van der Waals surface area contributed by atoms with Gasteiger partial charge in [-0.25, -0.2) is 0 Å². The fourth-order valence-corrected chi connectivity index (χ4v) is 4.70. The van der Waals surface area contributed by atoms with Crippen molar-refractivity contribution in [2.24, 2.45) is 11.8 Å². The highest BCUT2D eigenvalue weighted by Gasteiger charge is 2.42. The summed E-state index contributed by atoms with van der Waals surface area (Å²) in [5, 5.41) is 12.2. The second kappa shape index (κ2) is 6.21. The van der Waals surface area contributed by atoms with E-state index in [1.165, 1.54) is 12.8 Å². The molecule has 6 nitrogen and oxygen atoms in total. The van der Waals surface area contributed by atoms with E-state index in [1.54, 1.807) is 11.3 Å². The first kappa shape index (κ1) is 15.5. The molecule has 0 N–H and O–H groups in total. The molecule has 4 heterocycles. The average Bonchev–Trinajstić information content (AvgIpc) is 3.05. The van der Waals surface area contributed by atoms with Gasteiger partial charge in [0.25, 0.3) is 5.91 Å². The molecule has 1 aliphatic carbocycles. The molecule has 5 rings (SSSR count). The Hall–Kier alpha value is -1.73. The van der Waals surface area contributed by atoms with Crippen molar-refractivity contribution >= 4 is 17.2 Å². The van der Waals surface area contributed by atoms with Gasteiger partial charge in [0.05, 0.1) is 24.7 Å². The topological polar surface area (TPSA) is 68.5 Å². The summed E-state index contributed by atoms with van der Waals surface area (Å²) in [6, 6.07) is 1.90. The van der Waals surface area contributed by atoms with Gasteiger partial charge in [-0.15, -0.1) is 10.2 Å². The summed E-state index contributed by atoms with van der Waals surface area (Å²) in [4.78, 5) is 14.5. The van der Waals surface area contributed by atoms with E-state index in [9.17, 15) is 4.79 Å². The number of nitrogens with zero attached hydrogens (tertiary/aromatic N) is 3. The Morgan fingerprint density at radius 1 is 1.32 bits per heavy atom. The number of thiophene rings is 1. The smallest absolute Gasteiger partial charge is 0.254 e. The lowest BCUT2D eigenvalue weighted by atomic mass is 9.83. The minimum atomic E-state index is 0.135. The van der Waals surface area contributed by atoms with Gasteiger partial charge >= 0.3 is 0 Å². The largest absolute Gasteiger partial charge is 0.425 e. The number of aromatic nitrogens is 2. The van der Waals surface area contributed by atoms with Crippen LogP contribution >= 0.6 is 11.3 Å². The molecule has 0 radical (unpaired) electrons. The van der Waals surface area contributed by atoms with Crippen LogP contribution in [-0.2, 0) is 11.2 Å². The predicted octanol–water partition coefficient (Wildman–Crippen LogP) is 2.73. The Labute approximate surface area is 150 Å². The van der Waals surface area contributed by atoms with Crippen molar-refractivity contribution in [2.45, 2.75) is 37.7 Å². The molecule has 7 heteroatoms. The van der Waals surface area contributed by atoms with E-state index in [2.05, 4.69) is 10.2 Å². The van der Waals surface area contributed by atoms with Crippen molar-refractivity contribution in [1.82, 2.24) is 15.1 Å². The second-order valence-corrected chi connectivity index (χ2v) is 8.14. The molecule has 3 fully saturated rings. The first-order chi connectivity index (χ1) is 12.3. The number of fused-ring (bicyclic) bond motifs is 1. The minimum absolute atomic E-state index is 0.135. The number of hydrogen-bond acceptors (Lipinski definition) is 6. The summed E-state index contributed by atoms with van der Waals surface area (Å²) in [5.41, 5.74) is 0.803. The van der Waals surface area contributed by atoms with Crippen LogP contribution in [0.15, 0.2) is 21.2 Å². The van der Waals surface area contributed by atoms with E-state index in [-0.39, 0.29) is 12.0 Å². The number of ether oxygens (including phenoxy) is 1. The highest BCUT2D eigenvalue weighted by Crippen LogP contribution is 2.40. The molecule has 1 amide bonds. The lowest BCUT2D eigenvalue weighted by Crippen LogP contribution is -2.44. The molecule has 132 valence electrons. The molecule has 2 aromatic rings. The van der Waals surface area contributed by atoms with Gasteiger partial charge < -0.3 is 14.1 Å². The van der Waals surface area contributed by atoms with Gasteiger partial charge in [0.15, 0.2) is 0 Å². The van der Waals surface area contributed by atoms with Crippen LogP contribution in [0.2, 0.25) is 0 Å². The molecule has 2 saturated heterocycles. The lowest BCUT2D eigenvalue weighted by molar-refractivity contribution is 0.0604. The van der Waals surface area contributed by atoms with Crippen LogP contribution in [0.4, 0.5) is 0 Å². The SMILES string of the molecule is O=C(c1ccsc1)N1CC[C@@H]2[C@@H](CO[C@@H]2Cc2nnc(C3CC3)o2)C1. The van der Waals surface area contributed by atoms with Gasteiger partial charge in [-0.3, -0.25) is 4.79 Å². The standard InChI is InChI=1S/C18H21N3O3S/c22-18(12-4-6-25-10-12)21-5-3-14-13(8-21)9-23-15(14)7-16-19-20-17(24-16)11-1-2-11/h4,6,10-11,13-15H,1-3,5,7-9H2/t13-,14-,15-/m1/s1. The van der Waals surface area contributed by atoms with Crippen LogP contribution < -0.4 is 0 Å². The average molecular weight is 359 g/mol. The number of carbonyl (C=O) groups excluding carboxylic acids is 1. The zero-order valence-electron chi connectivity index (χ0n) is 14.0. The number of piperidine rings is 1. The van der Waals surface area contributed by atoms with Crippen LogP contribution in [0, 0.1) is 11.8 Å². The molecule has 0 bridgehead atoms. The minimum Gasteiger partial charge on any atom is -0.425 e. The zero-order chi connectivity index (χ0) is 16.8. The highest BCUT2D eigenvalue weighted by molar-refractivity contribution is 7.08. The molecule has 2 aliphatic heterocycles. The first-order valence-corrected chi connectivity index (χ1v) is 9.97. The van der Waals surface area contributed by atoms with Crippen molar-refractivity contribution in [1.29, 1.82) is 0 Å². The van der Waals surface area contributed by atoms with E-state index in [1.807, 2.05) is 21.7 Å². The summed E-state index contributed by atoms with van der Waals surface area (Å²) in [5.74, 6) is 3.01. The summed E-state index contributed by atoms with van der Waals surface area (Å²) < 4.78 is 11.8. The fourth-order valence-electron chi connectivity index (χ4n) is 4.07. The van der Waals surface area contributed by atoms with E-state index < -0.39 is 0 Å². The van der Waals surface area contributed by atoms with Gasteiger partial charge in [0.2, 0.25) is 11.8 Å². The van der Waals surface area contributed by atoms with Crippen LogP contribution in [0.1, 0.15) is 47.3 Å². The summed E-state index contributed by atoms with van der Waals surface area (Å²) in [6.45, 7) is 2.30. The number of likely N-dealkylation sites (tertiary alicyclic amines) is 1. The van der Waals surface area contributed by atoms with Crippen LogP contribution in [0.3, 0.4) is 0 Å². The van der Waals surface area contributed by atoms with Crippen molar-refractivity contribution in [3.05, 3.63) is 34.2 Å². The number of rotatable bonds is 4. The summed E-state index contributed by atoms with van der Waals surface area (Å²) in [6.07, 6.45) is 4.14. The molecule has 1 saturated carbocycles. The molecule has 25 heavy (non-hydrogen) atoms. The van der Waals surface area contributed by atoms with Gasteiger partial charge in [0.1, 0.15) is 0 Å². The van der Waals surface area contributed by atoms with Gasteiger partial charge in [-0.05, 0) is 36.6 Å². The Balaban J connectivity index is 1.22. The number of amides is 1. The molecular formula is C18H21N3O3S. The second-order valence-electron chi connectivity index (χ2n) is 7.36. The van der Waals surface area contributed by atoms with E-state index in [0.29, 0.717) is 36.7 Å². The quantitative estimate of drug-likeness (QED) is 0.840.